The molecule has 6 heteroatoms. The number of aromatic nitrogens is 2. The Hall–Kier alpha value is -2.21. The van der Waals surface area contributed by atoms with Gasteiger partial charge >= 0.3 is 5.97 Å². The number of rotatable bonds is 4. The van der Waals surface area contributed by atoms with Gasteiger partial charge in [0.2, 0.25) is 0 Å². The second-order valence-corrected chi connectivity index (χ2v) is 4.29. The van der Waals surface area contributed by atoms with Crippen LogP contribution in [-0.4, -0.2) is 27.1 Å². The van der Waals surface area contributed by atoms with Crippen LogP contribution >= 0.6 is 0 Å². The quantitative estimate of drug-likeness (QED) is 0.779. The van der Waals surface area contributed by atoms with Gasteiger partial charge in [0.15, 0.2) is 0 Å². The molecule has 1 aromatic carbocycles. The van der Waals surface area contributed by atoms with Crippen molar-refractivity contribution >= 4 is 5.97 Å². The number of nitrogens with two attached hydrogens (primary N) is 1. The molecule has 0 amide bonds. The number of aryl methyl sites for hydroxylation is 1. The highest BCUT2D eigenvalue weighted by Gasteiger charge is 2.17. The van der Waals surface area contributed by atoms with E-state index in [0.717, 1.165) is 0 Å². The maximum atomic E-state index is 13.7. The Kier molecular flexibility index (Phi) is 3.62. The zero-order valence-corrected chi connectivity index (χ0v) is 10.4. The number of hydrogen-bond donors (Lipinski definition) is 3. The largest absolute Gasteiger partial charge is 0.480 e. The molecule has 1 aromatic heterocycles. The lowest BCUT2D eigenvalue weighted by Gasteiger charge is -2.02. The van der Waals surface area contributed by atoms with Gasteiger partial charge in [-0.2, -0.15) is 0 Å². The normalized spacial score (nSPS) is 12.4. The maximum Gasteiger partial charge on any atom is 0.320 e. The number of imidazole rings is 1. The summed E-state index contributed by atoms with van der Waals surface area (Å²) in [7, 11) is 0. The standard InChI is InChI=1S/C13H14FN3O2/c1-7-12(8-4-2-3-5-9(8)14)17-11(16-7)6-10(15)13(18)19/h2-5,10H,6,15H2,1H3,(H,16,17)(H,18,19). The third-order valence-corrected chi connectivity index (χ3v) is 2.79. The SMILES string of the molecule is Cc1[nH]c(CC(N)C(=O)O)nc1-c1ccccc1F. The first-order chi connectivity index (χ1) is 8.99. The zero-order chi connectivity index (χ0) is 14.0. The van der Waals surface area contributed by atoms with E-state index in [-0.39, 0.29) is 12.2 Å². The highest BCUT2D eigenvalue weighted by atomic mass is 19.1. The first-order valence-corrected chi connectivity index (χ1v) is 5.78. The molecule has 5 nitrogen and oxygen atoms in total. The summed E-state index contributed by atoms with van der Waals surface area (Å²) in [5, 5.41) is 8.75. The van der Waals surface area contributed by atoms with Crippen LogP contribution in [0.15, 0.2) is 24.3 Å². The van der Waals surface area contributed by atoms with Gasteiger partial charge in [-0.25, -0.2) is 9.37 Å². The smallest absolute Gasteiger partial charge is 0.320 e. The molecule has 0 aliphatic carbocycles. The fourth-order valence-electron chi connectivity index (χ4n) is 1.83. The van der Waals surface area contributed by atoms with E-state index in [1.165, 1.54) is 6.07 Å². The van der Waals surface area contributed by atoms with Crippen molar-refractivity contribution in [2.24, 2.45) is 5.73 Å². The average Bonchev–Trinajstić information content (AvgIpc) is 2.70. The highest BCUT2D eigenvalue weighted by Crippen LogP contribution is 2.24. The summed E-state index contributed by atoms with van der Waals surface area (Å²) in [6.45, 7) is 1.75. The minimum atomic E-state index is -1.10. The van der Waals surface area contributed by atoms with Crippen LogP contribution in [0.1, 0.15) is 11.5 Å². The molecule has 2 aromatic rings. The van der Waals surface area contributed by atoms with Gasteiger partial charge in [0.05, 0.1) is 5.69 Å². The maximum absolute atomic E-state index is 13.7. The van der Waals surface area contributed by atoms with Gasteiger partial charge in [-0.15, -0.1) is 0 Å². The molecular formula is C13H14FN3O2. The molecule has 2 rings (SSSR count). The van der Waals surface area contributed by atoms with Crippen LogP contribution in [-0.2, 0) is 11.2 Å². The van der Waals surface area contributed by atoms with Crippen LogP contribution in [0.5, 0.6) is 0 Å². The van der Waals surface area contributed by atoms with E-state index >= 15 is 0 Å². The van der Waals surface area contributed by atoms with Crippen molar-refractivity contribution in [1.82, 2.24) is 9.97 Å². The number of nitrogens with one attached hydrogen (secondary N) is 1. The van der Waals surface area contributed by atoms with Crippen molar-refractivity contribution in [1.29, 1.82) is 0 Å². The van der Waals surface area contributed by atoms with Crippen LogP contribution in [0.3, 0.4) is 0 Å². The molecule has 0 spiro atoms. The van der Waals surface area contributed by atoms with E-state index in [2.05, 4.69) is 9.97 Å². The molecule has 19 heavy (non-hydrogen) atoms. The Morgan fingerprint density at radius 2 is 2.21 bits per heavy atom. The first-order valence-electron chi connectivity index (χ1n) is 5.78. The van der Waals surface area contributed by atoms with Gasteiger partial charge in [0, 0.05) is 17.7 Å². The van der Waals surface area contributed by atoms with Crippen molar-refractivity contribution in [2.45, 2.75) is 19.4 Å². The lowest BCUT2D eigenvalue weighted by molar-refractivity contribution is -0.138. The number of halogens is 1. The van der Waals surface area contributed by atoms with Gasteiger partial charge in [-0.05, 0) is 19.1 Å². The molecule has 0 fully saturated rings. The average molecular weight is 263 g/mol. The van der Waals surface area contributed by atoms with Crippen molar-refractivity contribution in [3.05, 3.63) is 41.6 Å². The van der Waals surface area contributed by atoms with Gasteiger partial charge in [-0.3, -0.25) is 4.79 Å². The Bertz CT molecular complexity index is 610. The van der Waals surface area contributed by atoms with Crippen molar-refractivity contribution < 1.29 is 14.3 Å². The number of carboxylic acid groups (broad SMARTS) is 1. The number of aliphatic carboxylic acids is 1. The summed E-state index contributed by atoms with van der Waals surface area (Å²) in [6.07, 6.45) is 0.0740. The van der Waals surface area contributed by atoms with Crippen LogP contribution < -0.4 is 5.73 Å². The second-order valence-electron chi connectivity index (χ2n) is 4.29. The molecule has 0 radical (unpaired) electrons. The Morgan fingerprint density at radius 3 is 2.84 bits per heavy atom. The number of benzene rings is 1. The Morgan fingerprint density at radius 1 is 1.53 bits per heavy atom. The molecule has 1 heterocycles. The number of hydrogen-bond acceptors (Lipinski definition) is 3. The fraction of sp³-hybridized carbons (Fsp3) is 0.231. The minimum Gasteiger partial charge on any atom is -0.480 e. The molecule has 1 unspecified atom stereocenters. The number of carbonyl (C=O) groups is 1. The monoisotopic (exact) mass is 263 g/mol. The second kappa shape index (κ2) is 5.19. The third kappa shape index (κ3) is 2.79. The van der Waals surface area contributed by atoms with E-state index in [0.29, 0.717) is 22.8 Å². The molecule has 1 atom stereocenters. The zero-order valence-electron chi connectivity index (χ0n) is 10.4. The Labute approximate surface area is 109 Å². The van der Waals surface area contributed by atoms with E-state index in [1.54, 1.807) is 25.1 Å². The van der Waals surface area contributed by atoms with Gasteiger partial charge < -0.3 is 15.8 Å². The highest BCUT2D eigenvalue weighted by molar-refractivity contribution is 5.73. The van der Waals surface area contributed by atoms with Crippen molar-refractivity contribution in [3.63, 3.8) is 0 Å². The molecule has 0 saturated heterocycles. The van der Waals surface area contributed by atoms with Gasteiger partial charge in [0.1, 0.15) is 17.7 Å². The molecule has 0 saturated carbocycles. The summed E-state index contributed by atoms with van der Waals surface area (Å²) in [6, 6.07) is 5.27. The Balaban J connectivity index is 2.32. The lowest BCUT2D eigenvalue weighted by atomic mass is 10.1. The molecular weight excluding hydrogens is 249 g/mol. The number of H-pyrrole nitrogens is 1. The summed E-state index contributed by atoms with van der Waals surface area (Å²) in [5.74, 6) is -1.03. The van der Waals surface area contributed by atoms with Crippen molar-refractivity contribution in [2.75, 3.05) is 0 Å². The number of carboxylic acids is 1. The number of aromatic amines is 1. The van der Waals surface area contributed by atoms with Gasteiger partial charge in [-0.1, -0.05) is 12.1 Å². The predicted molar refractivity (Wildman–Crippen MR) is 68.0 cm³/mol. The van der Waals surface area contributed by atoms with Gasteiger partial charge in [0.25, 0.3) is 0 Å². The molecule has 0 aliphatic rings. The van der Waals surface area contributed by atoms with Crippen LogP contribution in [0, 0.1) is 12.7 Å². The van der Waals surface area contributed by atoms with Crippen LogP contribution in [0.25, 0.3) is 11.3 Å². The topological polar surface area (TPSA) is 92.0 Å². The molecule has 0 bridgehead atoms. The third-order valence-electron chi connectivity index (χ3n) is 2.79. The number of nitrogens with zero attached hydrogens (tertiary/aromatic N) is 1. The van der Waals surface area contributed by atoms with Crippen LogP contribution in [0.2, 0.25) is 0 Å². The summed E-state index contributed by atoms with van der Waals surface area (Å²) in [5.41, 5.74) is 6.98. The van der Waals surface area contributed by atoms with E-state index in [4.69, 9.17) is 10.8 Å². The molecule has 100 valence electrons. The minimum absolute atomic E-state index is 0.0740. The molecule has 4 N–H and O–H groups in total. The summed E-state index contributed by atoms with van der Waals surface area (Å²) in [4.78, 5) is 17.9. The summed E-state index contributed by atoms with van der Waals surface area (Å²) < 4.78 is 13.7. The van der Waals surface area contributed by atoms with E-state index in [1.807, 2.05) is 0 Å². The predicted octanol–water partition coefficient (Wildman–Crippen LogP) is 1.48. The first kappa shape index (κ1) is 13.2. The van der Waals surface area contributed by atoms with Crippen molar-refractivity contribution in [3.8, 4) is 11.3 Å². The summed E-state index contributed by atoms with van der Waals surface area (Å²) >= 11 is 0. The molecule has 0 aliphatic heterocycles. The lowest BCUT2D eigenvalue weighted by Crippen LogP contribution is -2.32. The van der Waals surface area contributed by atoms with E-state index in [9.17, 15) is 9.18 Å². The van der Waals surface area contributed by atoms with E-state index < -0.39 is 12.0 Å². The fourth-order valence-corrected chi connectivity index (χ4v) is 1.83. The van der Waals surface area contributed by atoms with Crippen LogP contribution in [0.4, 0.5) is 4.39 Å².